The average molecular weight is 311 g/mol. The van der Waals surface area contributed by atoms with Crippen molar-refractivity contribution in [2.24, 2.45) is 0 Å². The average Bonchev–Trinajstić information content (AvgIpc) is 3.18. The Kier molecular flexibility index (Phi) is 4.95. The lowest BCUT2D eigenvalue weighted by atomic mass is 10.1. The van der Waals surface area contributed by atoms with Gasteiger partial charge in [-0.1, -0.05) is 0 Å². The molecular formula is C14H17NO5S. The molecule has 0 aromatic carbocycles. The second-order valence-corrected chi connectivity index (χ2v) is 5.71. The summed E-state index contributed by atoms with van der Waals surface area (Å²) in [6.45, 7) is 2.00. The molecule has 2 N–H and O–H groups in total. The highest BCUT2D eigenvalue weighted by atomic mass is 32.1. The standard InChI is InChI=1S/C14H17NO5S/c1-2-20-14(19)12-9(8-3-4-8)7-21-13(12)15-10(16)5-6-11(17)18/h7-8H,2-6H2,1H3,(H,15,16)(H,17,18). The molecule has 2 rings (SSSR count). The van der Waals surface area contributed by atoms with Gasteiger partial charge in [0, 0.05) is 6.42 Å². The SMILES string of the molecule is CCOC(=O)c1c(C2CC2)csc1NC(=O)CCC(=O)O. The number of rotatable bonds is 7. The van der Waals surface area contributed by atoms with Crippen LogP contribution in [0, 0.1) is 0 Å². The van der Waals surface area contributed by atoms with Crippen LogP contribution >= 0.6 is 11.3 Å². The number of aliphatic carboxylic acids is 1. The van der Waals surface area contributed by atoms with Crippen LogP contribution in [0.15, 0.2) is 5.38 Å². The van der Waals surface area contributed by atoms with Crippen molar-refractivity contribution >= 4 is 34.2 Å². The Morgan fingerprint density at radius 1 is 1.38 bits per heavy atom. The van der Waals surface area contributed by atoms with Crippen LogP contribution in [0.1, 0.15) is 54.4 Å². The molecule has 1 aromatic rings. The van der Waals surface area contributed by atoms with Crippen LogP contribution in [0.3, 0.4) is 0 Å². The second-order valence-electron chi connectivity index (χ2n) is 4.83. The molecule has 0 atom stereocenters. The first kappa shape index (κ1) is 15.5. The fourth-order valence-electron chi connectivity index (χ4n) is 1.98. The number of carbonyl (C=O) groups is 3. The van der Waals surface area contributed by atoms with Crippen LogP contribution in [0.5, 0.6) is 0 Å². The highest BCUT2D eigenvalue weighted by Gasteiger charge is 2.32. The fraction of sp³-hybridized carbons (Fsp3) is 0.500. The number of amides is 1. The Morgan fingerprint density at radius 2 is 2.10 bits per heavy atom. The van der Waals surface area contributed by atoms with Gasteiger partial charge in [0.15, 0.2) is 0 Å². The van der Waals surface area contributed by atoms with Crippen molar-refractivity contribution in [2.75, 3.05) is 11.9 Å². The van der Waals surface area contributed by atoms with Gasteiger partial charge in [0.05, 0.1) is 18.6 Å². The quantitative estimate of drug-likeness (QED) is 0.755. The molecule has 7 heteroatoms. The number of thiophene rings is 1. The van der Waals surface area contributed by atoms with Gasteiger partial charge in [0.25, 0.3) is 0 Å². The van der Waals surface area contributed by atoms with Crippen molar-refractivity contribution in [1.82, 2.24) is 0 Å². The summed E-state index contributed by atoms with van der Waals surface area (Å²) in [4.78, 5) is 34.3. The molecule has 1 aliphatic carbocycles. The van der Waals surface area contributed by atoms with Crippen LogP contribution < -0.4 is 5.32 Å². The van der Waals surface area contributed by atoms with Crippen LogP contribution in [0.2, 0.25) is 0 Å². The first-order valence-corrected chi connectivity index (χ1v) is 7.71. The Bertz CT molecular complexity index is 562. The molecule has 0 bridgehead atoms. The van der Waals surface area contributed by atoms with Gasteiger partial charge in [-0.3, -0.25) is 9.59 Å². The van der Waals surface area contributed by atoms with Crippen molar-refractivity contribution < 1.29 is 24.2 Å². The van der Waals surface area contributed by atoms with Gasteiger partial charge in [-0.2, -0.15) is 0 Å². The summed E-state index contributed by atoms with van der Waals surface area (Å²) in [5.41, 5.74) is 1.35. The normalized spacial score (nSPS) is 13.8. The van der Waals surface area contributed by atoms with Crippen molar-refractivity contribution in [3.05, 3.63) is 16.5 Å². The molecule has 0 unspecified atom stereocenters. The third-order valence-electron chi connectivity index (χ3n) is 3.14. The number of carboxylic acids is 1. The third kappa shape index (κ3) is 4.04. The molecule has 114 valence electrons. The summed E-state index contributed by atoms with van der Waals surface area (Å²) in [6.07, 6.45) is 1.72. The van der Waals surface area contributed by atoms with Crippen molar-refractivity contribution in [3.63, 3.8) is 0 Å². The van der Waals surface area contributed by atoms with Crippen LogP contribution in [-0.2, 0) is 14.3 Å². The molecule has 0 aliphatic heterocycles. The van der Waals surface area contributed by atoms with Crippen LogP contribution in [0.25, 0.3) is 0 Å². The lowest BCUT2D eigenvalue weighted by Crippen LogP contribution is -2.15. The molecule has 0 spiro atoms. The van der Waals surface area contributed by atoms with E-state index in [4.69, 9.17) is 9.84 Å². The molecule has 1 amide bonds. The van der Waals surface area contributed by atoms with E-state index in [1.165, 1.54) is 11.3 Å². The summed E-state index contributed by atoms with van der Waals surface area (Å²) in [7, 11) is 0. The third-order valence-corrected chi connectivity index (χ3v) is 4.05. The molecule has 1 aromatic heterocycles. The van der Waals surface area contributed by atoms with Gasteiger partial charge in [-0.05, 0) is 36.6 Å². The minimum Gasteiger partial charge on any atom is -0.481 e. The van der Waals surface area contributed by atoms with E-state index in [1.54, 1.807) is 6.92 Å². The van der Waals surface area contributed by atoms with E-state index in [0.717, 1.165) is 18.4 Å². The molecule has 1 saturated carbocycles. The van der Waals surface area contributed by atoms with Gasteiger partial charge in [-0.25, -0.2) is 4.79 Å². The number of ether oxygens (including phenoxy) is 1. The number of hydrogen-bond acceptors (Lipinski definition) is 5. The van der Waals surface area contributed by atoms with Gasteiger partial charge in [-0.15, -0.1) is 11.3 Å². The molecule has 21 heavy (non-hydrogen) atoms. The minimum atomic E-state index is -1.03. The number of esters is 1. The smallest absolute Gasteiger partial charge is 0.341 e. The molecular weight excluding hydrogens is 294 g/mol. The second kappa shape index (κ2) is 6.71. The predicted octanol–water partition coefficient (Wildman–Crippen LogP) is 2.61. The topological polar surface area (TPSA) is 92.7 Å². The highest BCUT2D eigenvalue weighted by Crippen LogP contribution is 2.46. The Labute approximate surface area is 126 Å². The lowest BCUT2D eigenvalue weighted by molar-refractivity contribution is -0.138. The summed E-state index contributed by atoms with van der Waals surface area (Å²) < 4.78 is 5.05. The zero-order chi connectivity index (χ0) is 15.4. The van der Waals surface area contributed by atoms with Gasteiger partial charge in [0.2, 0.25) is 5.91 Å². The summed E-state index contributed by atoms with van der Waals surface area (Å²) >= 11 is 1.28. The monoisotopic (exact) mass is 311 g/mol. The molecule has 6 nitrogen and oxygen atoms in total. The Morgan fingerprint density at radius 3 is 2.67 bits per heavy atom. The first-order valence-electron chi connectivity index (χ1n) is 6.83. The lowest BCUT2D eigenvalue weighted by Gasteiger charge is -2.07. The fourth-order valence-corrected chi connectivity index (χ4v) is 3.03. The maximum Gasteiger partial charge on any atom is 0.341 e. The van der Waals surface area contributed by atoms with Crippen LogP contribution in [-0.4, -0.2) is 29.6 Å². The van der Waals surface area contributed by atoms with Crippen LogP contribution in [0.4, 0.5) is 5.00 Å². The highest BCUT2D eigenvalue weighted by molar-refractivity contribution is 7.15. The van der Waals surface area contributed by atoms with E-state index in [2.05, 4.69) is 5.32 Å². The van der Waals surface area contributed by atoms with E-state index >= 15 is 0 Å². The largest absolute Gasteiger partial charge is 0.481 e. The minimum absolute atomic E-state index is 0.117. The van der Waals surface area contributed by atoms with Gasteiger partial charge < -0.3 is 15.2 Å². The van der Waals surface area contributed by atoms with Crippen molar-refractivity contribution in [1.29, 1.82) is 0 Å². The Hall–Kier alpha value is -1.89. The molecule has 0 radical (unpaired) electrons. The van der Waals surface area contributed by atoms with Crippen molar-refractivity contribution in [2.45, 2.75) is 38.5 Å². The maximum absolute atomic E-state index is 12.1. The number of carboxylic acid groups (broad SMARTS) is 1. The zero-order valence-electron chi connectivity index (χ0n) is 11.7. The summed E-state index contributed by atoms with van der Waals surface area (Å²) in [5.74, 6) is -1.51. The number of anilines is 1. The van der Waals surface area contributed by atoms with E-state index in [-0.39, 0.29) is 19.4 Å². The summed E-state index contributed by atoms with van der Waals surface area (Å²) in [6, 6.07) is 0. The van der Waals surface area contributed by atoms with Gasteiger partial charge >= 0.3 is 11.9 Å². The van der Waals surface area contributed by atoms with Crippen molar-refractivity contribution in [3.8, 4) is 0 Å². The number of hydrogen-bond donors (Lipinski definition) is 2. The molecule has 1 heterocycles. The van der Waals surface area contributed by atoms with E-state index < -0.39 is 17.8 Å². The Balaban J connectivity index is 2.13. The van der Waals surface area contributed by atoms with E-state index in [0.29, 0.717) is 16.5 Å². The number of carbonyl (C=O) groups excluding carboxylic acids is 2. The van der Waals surface area contributed by atoms with E-state index in [1.807, 2.05) is 5.38 Å². The number of nitrogens with one attached hydrogen (secondary N) is 1. The molecule has 1 fully saturated rings. The predicted molar refractivity (Wildman–Crippen MR) is 77.8 cm³/mol. The first-order chi connectivity index (χ1) is 10.0. The molecule has 0 saturated heterocycles. The summed E-state index contributed by atoms with van der Waals surface area (Å²) in [5, 5.41) is 13.5. The molecule has 1 aliphatic rings. The van der Waals surface area contributed by atoms with E-state index in [9.17, 15) is 14.4 Å². The maximum atomic E-state index is 12.1. The van der Waals surface area contributed by atoms with Gasteiger partial charge in [0.1, 0.15) is 5.00 Å². The zero-order valence-corrected chi connectivity index (χ0v) is 12.5.